The molecule has 0 aliphatic carbocycles. The Balaban J connectivity index is 3.37. The molecule has 0 aromatic rings. The Kier molecular flexibility index (Phi) is 6.17. The normalized spacial score (nSPS) is 11.1. The standard InChI is InChI=1S/C11H21NO2/c1-11(2,3)10(14)12-8-6-4-5-7-9-13/h9H,4-8H2,1-3H3,(H,12,14). The van der Waals surface area contributed by atoms with Crippen LogP contribution in [0.5, 0.6) is 0 Å². The Morgan fingerprint density at radius 3 is 2.36 bits per heavy atom. The number of rotatable bonds is 6. The first-order chi connectivity index (χ1) is 6.48. The Labute approximate surface area is 86.3 Å². The van der Waals surface area contributed by atoms with E-state index in [-0.39, 0.29) is 11.3 Å². The minimum atomic E-state index is -0.303. The predicted octanol–water partition coefficient (Wildman–Crippen LogP) is 1.91. The molecule has 0 heterocycles. The lowest BCUT2D eigenvalue weighted by atomic mass is 9.96. The minimum absolute atomic E-state index is 0.0906. The maximum absolute atomic E-state index is 11.4. The van der Waals surface area contributed by atoms with Crippen LogP contribution in [0.3, 0.4) is 0 Å². The number of nitrogens with one attached hydrogen (secondary N) is 1. The molecule has 0 aromatic heterocycles. The molecule has 0 aromatic carbocycles. The highest BCUT2D eigenvalue weighted by atomic mass is 16.2. The summed E-state index contributed by atoms with van der Waals surface area (Å²) in [4.78, 5) is 21.4. The van der Waals surface area contributed by atoms with Crippen LogP contribution in [0.2, 0.25) is 0 Å². The monoisotopic (exact) mass is 199 g/mol. The summed E-state index contributed by atoms with van der Waals surface area (Å²) in [6.45, 7) is 6.41. The molecule has 0 bridgehead atoms. The average Bonchev–Trinajstić information content (AvgIpc) is 2.09. The lowest BCUT2D eigenvalue weighted by Gasteiger charge is -2.17. The Hall–Kier alpha value is -0.860. The van der Waals surface area contributed by atoms with E-state index in [2.05, 4.69) is 5.32 Å². The highest BCUT2D eigenvalue weighted by molar-refractivity contribution is 5.81. The third-order valence-electron chi connectivity index (χ3n) is 1.97. The molecule has 0 saturated carbocycles. The van der Waals surface area contributed by atoms with Crippen LogP contribution < -0.4 is 5.32 Å². The topological polar surface area (TPSA) is 46.2 Å². The second kappa shape index (κ2) is 6.57. The van der Waals surface area contributed by atoms with E-state index in [0.717, 1.165) is 32.1 Å². The van der Waals surface area contributed by atoms with Crippen molar-refractivity contribution in [3.05, 3.63) is 0 Å². The molecule has 3 nitrogen and oxygen atoms in total. The largest absolute Gasteiger partial charge is 0.356 e. The van der Waals surface area contributed by atoms with Gasteiger partial charge >= 0.3 is 0 Å². The molecule has 0 saturated heterocycles. The van der Waals surface area contributed by atoms with Crippen molar-refractivity contribution < 1.29 is 9.59 Å². The van der Waals surface area contributed by atoms with Gasteiger partial charge in [0.05, 0.1) is 0 Å². The molecule has 1 amide bonds. The summed E-state index contributed by atoms with van der Waals surface area (Å²) >= 11 is 0. The molecule has 0 rings (SSSR count). The van der Waals surface area contributed by atoms with Crippen LogP contribution in [-0.2, 0) is 9.59 Å². The van der Waals surface area contributed by atoms with Crippen LogP contribution in [-0.4, -0.2) is 18.7 Å². The number of carbonyl (C=O) groups excluding carboxylic acids is 2. The van der Waals surface area contributed by atoms with E-state index in [0.29, 0.717) is 6.42 Å². The van der Waals surface area contributed by atoms with Gasteiger partial charge in [-0.3, -0.25) is 4.79 Å². The average molecular weight is 199 g/mol. The second-order valence-electron chi connectivity index (χ2n) is 4.52. The molecule has 0 fully saturated rings. The van der Waals surface area contributed by atoms with Gasteiger partial charge in [-0.15, -0.1) is 0 Å². The molecule has 0 aliphatic heterocycles. The van der Waals surface area contributed by atoms with Crippen LogP contribution in [0.15, 0.2) is 0 Å². The molecule has 0 aliphatic rings. The van der Waals surface area contributed by atoms with E-state index < -0.39 is 0 Å². The Morgan fingerprint density at radius 2 is 1.86 bits per heavy atom. The van der Waals surface area contributed by atoms with Gasteiger partial charge < -0.3 is 10.1 Å². The first-order valence-electron chi connectivity index (χ1n) is 5.20. The van der Waals surface area contributed by atoms with Crippen molar-refractivity contribution in [1.29, 1.82) is 0 Å². The lowest BCUT2D eigenvalue weighted by Crippen LogP contribution is -2.35. The van der Waals surface area contributed by atoms with E-state index in [1.807, 2.05) is 20.8 Å². The van der Waals surface area contributed by atoms with Crippen LogP contribution in [0.1, 0.15) is 46.5 Å². The fourth-order valence-electron chi connectivity index (χ4n) is 0.997. The third kappa shape index (κ3) is 6.63. The zero-order chi connectivity index (χ0) is 11.0. The van der Waals surface area contributed by atoms with Crippen molar-refractivity contribution in [2.75, 3.05) is 6.54 Å². The van der Waals surface area contributed by atoms with Gasteiger partial charge in [0.25, 0.3) is 0 Å². The summed E-state index contributed by atoms with van der Waals surface area (Å²) in [6, 6.07) is 0. The number of carbonyl (C=O) groups is 2. The summed E-state index contributed by atoms with van der Waals surface area (Å²) in [5.41, 5.74) is -0.303. The number of aldehydes is 1. The maximum atomic E-state index is 11.4. The highest BCUT2D eigenvalue weighted by Crippen LogP contribution is 2.12. The Bertz CT molecular complexity index is 182. The van der Waals surface area contributed by atoms with Gasteiger partial charge in [-0.2, -0.15) is 0 Å². The van der Waals surface area contributed by atoms with Crippen molar-refractivity contribution in [2.24, 2.45) is 5.41 Å². The number of unbranched alkanes of at least 4 members (excludes halogenated alkanes) is 3. The first-order valence-corrected chi connectivity index (χ1v) is 5.20. The van der Waals surface area contributed by atoms with Crippen molar-refractivity contribution in [3.8, 4) is 0 Å². The van der Waals surface area contributed by atoms with E-state index in [9.17, 15) is 9.59 Å². The van der Waals surface area contributed by atoms with Gasteiger partial charge in [0, 0.05) is 18.4 Å². The summed E-state index contributed by atoms with van der Waals surface area (Å²) in [5.74, 6) is 0.0906. The Morgan fingerprint density at radius 1 is 1.21 bits per heavy atom. The summed E-state index contributed by atoms with van der Waals surface area (Å²) in [6.07, 6.45) is 4.45. The van der Waals surface area contributed by atoms with Gasteiger partial charge in [0.15, 0.2) is 0 Å². The van der Waals surface area contributed by atoms with Crippen LogP contribution >= 0.6 is 0 Å². The van der Waals surface area contributed by atoms with E-state index in [1.165, 1.54) is 0 Å². The maximum Gasteiger partial charge on any atom is 0.225 e. The van der Waals surface area contributed by atoms with Crippen molar-refractivity contribution >= 4 is 12.2 Å². The molecule has 1 N–H and O–H groups in total. The molecule has 82 valence electrons. The summed E-state index contributed by atoms with van der Waals surface area (Å²) in [5, 5.41) is 2.87. The number of hydrogen-bond donors (Lipinski definition) is 1. The molecule has 0 atom stereocenters. The van der Waals surface area contributed by atoms with Crippen LogP contribution in [0, 0.1) is 5.41 Å². The van der Waals surface area contributed by atoms with E-state index >= 15 is 0 Å². The number of amides is 1. The highest BCUT2D eigenvalue weighted by Gasteiger charge is 2.19. The van der Waals surface area contributed by atoms with Gasteiger partial charge in [-0.05, 0) is 12.8 Å². The summed E-state index contributed by atoms with van der Waals surface area (Å²) in [7, 11) is 0. The lowest BCUT2D eigenvalue weighted by molar-refractivity contribution is -0.128. The zero-order valence-electron chi connectivity index (χ0n) is 9.43. The smallest absolute Gasteiger partial charge is 0.225 e. The van der Waals surface area contributed by atoms with E-state index in [1.54, 1.807) is 0 Å². The minimum Gasteiger partial charge on any atom is -0.356 e. The third-order valence-corrected chi connectivity index (χ3v) is 1.97. The molecule has 0 spiro atoms. The van der Waals surface area contributed by atoms with Crippen molar-refractivity contribution in [2.45, 2.75) is 46.5 Å². The van der Waals surface area contributed by atoms with E-state index in [4.69, 9.17) is 0 Å². The summed E-state index contributed by atoms with van der Waals surface area (Å²) < 4.78 is 0. The van der Waals surface area contributed by atoms with Gasteiger partial charge in [0.2, 0.25) is 5.91 Å². The second-order valence-corrected chi connectivity index (χ2v) is 4.52. The number of hydrogen-bond acceptors (Lipinski definition) is 2. The molecule has 3 heteroatoms. The first kappa shape index (κ1) is 13.1. The zero-order valence-corrected chi connectivity index (χ0v) is 9.43. The van der Waals surface area contributed by atoms with Crippen LogP contribution in [0.25, 0.3) is 0 Å². The molecular weight excluding hydrogens is 178 g/mol. The predicted molar refractivity (Wildman–Crippen MR) is 57.0 cm³/mol. The fourth-order valence-corrected chi connectivity index (χ4v) is 0.997. The molecule has 0 unspecified atom stereocenters. The SMILES string of the molecule is CC(C)(C)C(=O)NCCCCCC=O. The quantitative estimate of drug-likeness (QED) is 0.524. The van der Waals surface area contributed by atoms with Gasteiger partial charge in [-0.25, -0.2) is 0 Å². The fraction of sp³-hybridized carbons (Fsp3) is 0.818. The van der Waals surface area contributed by atoms with Crippen LogP contribution in [0.4, 0.5) is 0 Å². The van der Waals surface area contributed by atoms with Gasteiger partial charge in [-0.1, -0.05) is 27.2 Å². The van der Waals surface area contributed by atoms with Gasteiger partial charge in [0.1, 0.15) is 6.29 Å². The van der Waals surface area contributed by atoms with Crippen molar-refractivity contribution in [1.82, 2.24) is 5.32 Å². The molecular formula is C11H21NO2. The molecule has 14 heavy (non-hydrogen) atoms. The molecule has 0 radical (unpaired) electrons. The van der Waals surface area contributed by atoms with Crippen molar-refractivity contribution in [3.63, 3.8) is 0 Å².